The molecule has 2 aromatic carbocycles. The first-order valence-electron chi connectivity index (χ1n) is 9.99. The number of fused-ring (bicyclic) bond motifs is 4. The molecule has 0 atom stereocenters. The van der Waals surface area contributed by atoms with Crippen LogP contribution in [0, 0.1) is 11.3 Å². The molecule has 146 valence electrons. The van der Waals surface area contributed by atoms with Gasteiger partial charge in [0, 0.05) is 45.5 Å². The van der Waals surface area contributed by atoms with Crippen LogP contribution in [0.5, 0.6) is 0 Å². The van der Waals surface area contributed by atoms with Crippen LogP contribution in [-0.2, 0) is 11.8 Å². The second kappa shape index (κ2) is 6.36. The summed E-state index contributed by atoms with van der Waals surface area (Å²) in [6.45, 7) is 6.36. The van der Waals surface area contributed by atoms with Crippen LogP contribution in [0.25, 0.3) is 22.0 Å². The normalized spacial score (nSPS) is 14.3. The number of ketones is 1. The number of nitrogens with one attached hydrogen (secondary N) is 1. The van der Waals surface area contributed by atoms with Gasteiger partial charge in [0.05, 0.1) is 17.2 Å². The summed E-state index contributed by atoms with van der Waals surface area (Å²) in [5.74, 6) is 0.0286. The van der Waals surface area contributed by atoms with Crippen molar-refractivity contribution in [2.45, 2.75) is 32.6 Å². The zero-order chi connectivity index (χ0) is 21.0. The Bertz CT molecular complexity index is 1370. The lowest BCUT2D eigenvalue weighted by Crippen LogP contribution is -2.30. The molecule has 30 heavy (non-hydrogen) atoms. The topological polar surface area (TPSA) is 82.4 Å². The van der Waals surface area contributed by atoms with Crippen molar-refractivity contribution in [3.63, 3.8) is 0 Å². The number of nitrogens with zero attached hydrogens (tertiary/aromatic N) is 3. The Morgan fingerprint density at radius 1 is 1.10 bits per heavy atom. The van der Waals surface area contributed by atoms with Crippen LogP contribution >= 0.6 is 0 Å². The second-order valence-electron chi connectivity index (χ2n) is 8.24. The fraction of sp³-hybridized carbons (Fsp3) is 0.200. The lowest BCUT2D eigenvalue weighted by atomic mass is 9.70. The van der Waals surface area contributed by atoms with Crippen molar-refractivity contribution < 1.29 is 4.79 Å². The highest BCUT2D eigenvalue weighted by Crippen LogP contribution is 2.45. The number of aromatic amines is 1. The first kappa shape index (κ1) is 18.3. The minimum atomic E-state index is -0.402. The van der Waals surface area contributed by atoms with Crippen LogP contribution < -0.4 is 0 Å². The lowest BCUT2D eigenvalue weighted by Gasteiger charge is -2.33. The van der Waals surface area contributed by atoms with Crippen molar-refractivity contribution in [1.82, 2.24) is 15.0 Å². The predicted molar refractivity (Wildman–Crippen MR) is 115 cm³/mol. The van der Waals surface area contributed by atoms with Gasteiger partial charge in [0.25, 0.3) is 0 Å². The molecule has 0 fully saturated rings. The molecule has 5 rings (SSSR count). The number of carbonyl (C=O) groups is 1. The fourth-order valence-electron chi connectivity index (χ4n) is 4.59. The number of carbonyl (C=O) groups excluding carboxylic acids is 1. The Hall–Kier alpha value is -3.78. The van der Waals surface area contributed by atoms with Gasteiger partial charge >= 0.3 is 0 Å². The van der Waals surface area contributed by atoms with Gasteiger partial charge in [0.1, 0.15) is 6.33 Å². The number of aryl methyl sites for hydroxylation is 1. The molecule has 1 N–H and O–H groups in total. The van der Waals surface area contributed by atoms with Crippen molar-refractivity contribution in [2.24, 2.45) is 0 Å². The van der Waals surface area contributed by atoms with Gasteiger partial charge in [-0.3, -0.25) is 4.79 Å². The van der Waals surface area contributed by atoms with Gasteiger partial charge in [-0.25, -0.2) is 9.97 Å². The SMILES string of the molecule is CCc1cc2c(cc1-c1cncnc1)C(C)(C)c1[nH]c3cc(C#N)ccc3c1C2=O. The highest BCUT2D eigenvalue weighted by molar-refractivity contribution is 6.20. The Kier molecular flexibility index (Phi) is 3.87. The van der Waals surface area contributed by atoms with Gasteiger partial charge in [-0.05, 0) is 47.4 Å². The average molecular weight is 392 g/mol. The van der Waals surface area contributed by atoms with Gasteiger partial charge < -0.3 is 4.98 Å². The van der Waals surface area contributed by atoms with Gasteiger partial charge in [-0.2, -0.15) is 5.26 Å². The van der Waals surface area contributed by atoms with E-state index in [9.17, 15) is 10.1 Å². The molecule has 2 aromatic heterocycles. The van der Waals surface area contributed by atoms with Gasteiger partial charge in [0.2, 0.25) is 0 Å². The molecule has 0 bridgehead atoms. The molecule has 0 amide bonds. The zero-order valence-electron chi connectivity index (χ0n) is 17.1. The van der Waals surface area contributed by atoms with E-state index in [-0.39, 0.29) is 5.78 Å². The first-order chi connectivity index (χ1) is 14.5. The highest BCUT2D eigenvalue weighted by atomic mass is 16.1. The maximum Gasteiger partial charge on any atom is 0.195 e. The second-order valence-corrected chi connectivity index (χ2v) is 8.24. The number of hydrogen-bond donors (Lipinski definition) is 1. The number of rotatable bonds is 2. The zero-order valence-corrected chi connectivity index (χ0v) is 17.1. The van der Waals surface area contributed by atoms with E-state index in [0.29, 0.717) is 11.1 Å². The molecule has 4 aromatic rings. The van der Waals surface area contributed by atoms with Crippen LogP contribution in [0.2, 0.25) is 0 Å². The van der Waals surface area contributed by atoms with Crippen molar-refractivity contribution in [2.75, 3.05) is 0 Å². The van der Waals surface area contributed by atoms with Crippen LogP contribution in [0.3, 0.4) is 0 Å². The van der Waals surface area contributed by atoms with Crippen LogP contribution in [0.15, 0.2) is 49.1 Å². The first-order valence-corrected chi connectivity index (χ1v) is 9.99. The third kappa shape index (κ3) is 2.44. The molecular weight excluding hydrogens is 372 g/mol. The molecule has 1 aliphatic carbocycles. The molecule has 0 unspecified atom stereocenters. The number of H-pyrrole nitrogens is 1. The summed E-state index contributed by atoms with van der Waals surface area (Å²) in [4.78, 5) is 25.4. The van der Waals surface area contributed by atoms with Crippen LogP contribution in [0.1, 0.15) is 59.1 Å². The van der Waals surface area contributed by atoms with E-state index in [1.807, 2.05) is 30.6 Å². The van der Waals surface area contributed by atoms with Crippen molar-refractivity contribution >= 4 is 16.7 Å². The molecule has 0 radical (unpaired) electrons. The van der Waals surface area contributed by atoms with E-state index in [4.69, 9.17) is 0 Å². The van der Waals surface area contributed by atoms with E-state index < -0.39 is 5.41 Å². The summed E-state index contributed by atoms with van der Waals surface area (Å²) < 4.78 is 0. The van der Waals surface area contributed by atoms with Crippen molar-refractivity contribution in [3.05, 3.63) is 82.6 Å². The number of hydrogen-bond acceptors (Lipinski definition) is 4. The highest BCUT2D eigenvalue weighted by Gasteiger charge is 2.40. The van der Waals surface area contributed by atoms with Crippen molar-refractivity contribution in [1.29, 1.82) is 5.26 Å². The smallest absolute Gasteiger partial charge is 0.195 e. The molecular formula is C25H20N4O. The van der Waals surface area contributed by atoms with Gasteiger partial charge in [-0.1, -0.05) is 26.8 Å². The number of nitriles is 1. The average Bonchev–Trinajstić information content (AvgIpc) is 3.17. The molecule has 2 heterocycles. The summed E-state index contributed by atoms with van der Waals surface area (Å²) in [7, 11) is 0. The molecule has 0 aliphatic heterocycles. The number of benzene rings is 2. The van der Waals surface area contributed by atoms with Crippen LogP contribution in [-0.4, -0.2) is 20.7 Å². The third-order valence-corrected chi connectivity index (χ3v) is 6.19. The molecule has 0 saturated heterocycles. The van der Waals surface area contributed by atoms with Crippen molar-refractivity contribution in [3.8, 4) is 17.2 Å². The van der Waals surface area contributed by atoms with Gasteiger partial charge in [-0.15, -0.1) is 0 Å². The summed E-state index contributed by atoms with van der Waals surface area (Å²) >= 11 is 0. The minimum Gasteiger partial charge on any atom is -0.357 e. The maximum atomic E-state index is 13.6. The van der Waals surface area contributed by atoms with E-state index in [1.54, 1.807) is 6.07 Å². The number of aromatic nitrogens is 3. The van der Waals surface area contributed by atoms with Crippen LogP contribution in [0.4, 0.5) is 0 Å². The maximum absolute atomic E-state index is 13.6. The summed E-state index contributed by atoms with van der Waals surface area (Å²) in [5, 5.41) is 10.1. The Morgan fingerprint density at radius 2 is 1.87 bits per heavy atom. The standard InChI is InChI=1S/C25H20N4O/c1-4-15-8-19-20(9-18(15)16-11-27-13-28-12-16)25(2,3)24-22(23(19)30)17-6-5-14(10-26)7-21(17)29-24/h5-9,11-13,29H,4H2,1-3H3. The monoisotopic (exact) mass is 392 g/mol. The van der Waals surface area contributed by atoms with E-state index in [0.717, 1.165) is 50.8 Å². The summed E-state index contributed by atoms with van der Waals surface area (Å²) in [6, 6.07) is 11.8. The molecule has 1 aliphatic rings. The quantitative estimate of drug-likeness (QED) is 0.524. The molecule has 0 spiro atoms. The minimum absolute atomic E-state index is 0.0286. The third-order valence-electron chi connectivity index (χ3n) is 6.19. The Balaban J connectivity index is 1.80. The largest absolute Gasteiger partial charge is 0.357 e. The summed E-state index contributed by atoms with van der Waals surface area (Å²) in [6.07, 6.45) is 5.94. The van der Waals surface area contributed by atoms with E-state index in [1.165, 1.54) is 6.33 Å². The lowest BCUT2D eigenvalue weighted by molar-refractivity contribution is 0.103. The Morgan fingerprint density at radius 3 is 2.57 bits per heavy atom. The van der Waals surface area contributed by atoms with Gasteiger partial charge in [0.15, 0.2) is 5.78 Å². The Labute approximate surface area is 174 Å². The molecule has 0 saturated carbocycles. The molecule has 5 nitrogen and oxygen atoms in total. The van der Waals surface area contributed by atoms with E-state index in [2.05, 4.69) is 47.9 Å². The fourth-order valence-corrected chi connectivity index (χ4v) is 4.59. The summed E-state index contributed by atoms with van der Waals surface area (Å²) in [5.41, 5.74) is 7.44. The predicted octanol–water partition coefficient (Wildman–Crippen LogP) is 4.93. The van der Waals surface area contributed by atoms with E-state index >= 15 is 0 Å². The molecule has 5 heteroatoms.